The normalized spacial score (nSPS) is 12.0. The molecule has 0 saturated carbocycles. The maximum absolute atomic E-state index is 11.2. The van der Waals surface area contributed by atoms with Crippen molar-refractivity contribution in [2.45, 2.75) is 39.2 Å². The Bertz CT molecular complexity index is 430. The molecular weight excluding hydrogens is 240 g/mol. The molecule has 1 aromatic carbocycles. The van der Waals surface area contributed by atoms with E-state index in [0.29, 0.717) is 6.42 Å². The van der Waals surface area contributed by atoms with Crippen LogP contribution in [0.3, 0.4) is 0 Å². The number of nitrogens with one attached hydrogen (secondary N) is 1. The van der Waals surface area contributed by atoms with E-state index < -0.39 is 12.0 Å². The monoisotopic (exact) mass is 264 g/mol. The fourth-order valence-electron chi connectivity index (χ4n) is 2.05. The molecule has 0 aromatic heterocycles. The zero-order valence-electron chi connectivity index (χ0n) is 12.2. The molecule has 0 saturated heterocycles. The second-order valence-corrected chi connectivity index (χ2v) is 5.07. The van der Waals surface area contributed by atoms with Gasteiger partial charge in [0.1, 0.15) is 6.04 Å². The first kappa shape index (κ1) is 15.3. The number of carbonyl (C=O) groups is 1. The highest BCUT2D eigenvalue weighted by Gasteiger charge is 2.16. The van der Waals surface area contributed by atoms with Crippen molar-refractivity contribution in [3.63, 3.8) is 0 Å². The van der Waals surface area contributed by atoms with Crippen LogP contribution in [-0.2, 0) is 4.79 Å². The fraction of sp³-hybridized carbons (Fsp3) is 0.533. The van der Waals surface area contributed by atoms with Gasteiger partial charge < -0.3 is 15.3 Å². The highest BCUT2D eigenvalue weighted by Crippen LogP contribution is 2.23. The maximum Gasteiger partial charge on any atom is 0.326 e. The van der Waals surface area contributed by atoms with E-state index in [-0.39, 0.29) is 0 Å². The van der Waals surface area contributed by atoms with Gasteiger partial charge in [-0.3, -0.25) is 0 Å². The molecule has 0 aliphatic heterocycles. The number of benzene rings is 1. The molecule has 1 rings (SSSR count). The molecule has 0 aliphatic rings. The second-order valence-electron chi connectivity index (χ2n) is 5.07. The summed E-state index contributed by atoms with van der Waals surface area (Å²) in [4.78, 5) is 13.3. The van der Waals surface area contributed by atoms with E-state index in [1.165, 1.54) is 5.56 Å². The number of aliphatic carboxylic acids is 1. The summed E-state index contributed by atoms with van der Waals surface area (Å²) in [6.45, 7) is 4.11. The SMILES string of the molecule is CCCCC(Nc1ccc(C)c(N(C)C)c1)C(=O)O. The van der Waals surface area contributed by atoms with E-state index in [1.54, 1.807) is 0 Å². The average Bonchev–Trinajstić information content (AvgIpc) is 2.35. The molecule has 1 unspecified atom stereocenters. The van der Waals surface area contributed by atoms with Gasteiger partial charge in [-0.25, -0.2) is 4.79 Å². The second kappa shape index (κ2) is 7.02. The van der Waals surface area contributed by atoms with Gasteiger partial charge in [-0.05, 0) is 31.0 Å². The van der Waals surface area contributed by atoms with Crippen molar-refractivity contribution in [3.05, 3.63) is 23.8 Å². The Morgan fingerprint density at radius 1 is 1.42 bits per heavy atom. The quantitative estimate of drug-likeness (QED) is 0.794. The third-order valence-corrected chi connectivity index (χ3v) is 3.18. The summed E-state index contributed by atoms with van der Waals surface area (Å²) in [5.74, 6) is -0.791. The fourth-order valence-corrected chi connectivity index (χ4v) is 2.05. The van der Waals surface area contributed by atoms with Crippen molar-refractivity contribution in [1.29, 1.82) is 0 Å². The minimum atomic E-state index is -0.791. The van der Waals surface area contributed by atoms with Crippen LogP contribution in [0.2, 0.25) is 0 Å². The number of carboxylic acids is 1. The van der Waals surface area contributed by atoms with Crippen molar-refractivity contribution >= 4 is 17.3 Å². The Hall–Kier alpha value is -1.71. The summed E-state index contributed by atoms with van der Waals surface area (Å²) in [6.07, 6.45) is 2.57. The molecule has 0 spiro atoms. The first-order valence-electron chi connectivity index (χ1n) is 6.73. The van der Waals surface area contributed by atoms with Crippen LogP contribution >= 0.6 is 0 Å². The summed E-state index contributed by atoms with van der Waals surface area (Å²) in [5, 5.41) is 12.3. The third-order valence-electron chi connectivity index (χ3n) is 3.18. The van der Waals surface area contributed by atoms with Gasteiger partial charge in [0, 0.05) is 25.5 Å². The van der Waals surface area contributed by atoms with Crippen molar-refractivity contribution in [2.24, 2.45) is 0 Å². The molecule has 19 heavy (non-hydrogen) atoms. The summed E-state index contributed by atoms with van der Waals surface area (Å²) in [7, 11) is 3.97. The van der Waals surface area contributed by atoms with Gasteiger partial charge in [0.15, 0.2) is 0 Å². The predicted octanol–water partition coefficient (Wildman–Crippen LogP) is 3.12. The van der Waals surface area contributed by atoms with Crippen molar-refractivity contribution in [1.82, 2.24) is 0 Å². The minimum absolute atomic E-state index is 0.516. The minimum Gasteiger partial charge on any atom is -0.480 e. The zero-order chi connectivity index (χ0) is 14.4. The Morgan fingerprint density at radius 2 is 2.11 bits per heavy atom. The largest absolute Gasteiger partial charge is 0.480 e. The Kier molecular flexibility index (Phi) is 5.67. The molecule has 0 bridgehead atoms. The first-order valence-corrected chi connectivity index (χ1v) is 6.73. The molecule has 4 nitrogen and oxygen atoms in total. The molecule has 1 atom stereocenters. The van der Waals surface area contributed by atoms with Gasteiger partial charge in [0.2, 0.25) is 0 Å². The van der Waals surface area contributed by atoms with E-state index >= 15 is 0 Å². The Labute approximate surface area is 115 Å². The van der Waals surface area contributed by atoms with Gasteiger partial charge in [0.05, 0.1) is 0 Å². The van der Waals surface area contributed by atoms with Crippen LogP contribution in [0.25, 0.3) is 0 Å². The van der Waals surface area contributed by atoms with Crippen LogP contribution < -0.4 is 10.2 Å². The van der Waals surface area contributed by atoms with E-state index in [1.807, 2.05) is 44.1 Å². The third kappa shape index (κ3) is 4.47. The predicted molar refractivity (Wildman–Crippen MR) is 80.1 cm³/mol. The molecule has 4 heteroatoms. The average molecular weight is 264 g/mol. The molecule has 2 N–H and O–H groups in total. The number of carboxylic acid groups (broad SMARTS) is 1. The smallest absolute Gasteiger partial charge is 0.326 e. The lowest BCUT2D eigenvalue weighted by Gasteiger charge is -2.20. The van der Waals surface area contributed by atoms with Gasteiger partial charge >= 0.3 is 5.97 Å². The summed E-state index contributed by atoms with van der Waals surface area (Å²) >= 11 is 0. The van der Waals surface area contributed by atoms with Crippen LogP contribution in [0.5, 0.6) is 0 Å². The zero-order valence-corrected chi connectivity index (χ0v) is 12.2. The molecule has 1 aromatic rings. The molecule has 0 heterocycles. The van der Waals surface area contributed by atoms with Gasteiger partial charge in [-0.1, -0.05) is 25.8 Å². The summed E-state index contributed by atoms with van der Waals surface area (Å²) in [5.41, 5.74) is 3.14. The van der Waals surface area contributed by atoms with Crippen molar-refractivity contribution in [2.75, 3.05) is 24.3 Å². The number of nitrogens with zero attached hydrogens (tertiary/aromatic N) is 1. The van der Waals surface area contributed by atoms with Gasteiger partial charge in [-0.2, -0.15) is 0 Å². The van der Waals surface area contributed by atoms with Crippen LogP contribution in [0.1, 0.15) is 31.7 Å². The lowest BCUT2D eigenvalue weighted by atomic mass is 10.1. The highest BCUT2D eigenvalue weighted by molar-refractivity contribution is 5.78. The molecule has 0 aliphatic carbocycles. The lowest BCUT2D eigenvalue weighted by Crippen LogP contribution is -2.29. The van der Waals surface area contributed by atoms with Crippen LogP contribution in [-0.4, -0.2) is 31.2 Å². The maximum atomic E-state index is 11.2. The van der Waals surface area contributed by atoms with E-state index in [2.05, 4.69) is 12.2 Å². The molecule has 106 valence electrons. The first-order chi connectivity index (χ1) is 8.95. The van der Waals surface area contributed by atoms with Crippen LogP contribution in [0, 0.1) is 6.92 Å². The molecule has 0 amide bonds. The lowest BCUT2D eigenvalue weighted by molar-refractivity contribution is -0.138. The molecule has 0 radical (unpaired) electrons. The van der Waals surface area contributed by atoms with Crippen LogP contribution in [0.15, 0.2) is 18.2 Å². The molecule has 0 fully saturated rings. The topological polar surface area (TPSA) is 52.6 Å². The number of aryl methyl sites for hydroxylation is 1. The van der Waals surface area contributed by atoms with Gasteiger partial charge in [0.25, 0.3) is 0 Å². The highest BCUT2D eigenvalue weighted by atomic mass is 16.4. The Morgan fingerprint density at radius 3 is 2.63 bits per heavy atom. The number of hydrogen-bond acceptors (Lipinski definition) is 3. The number of anilines is 2. The summed E-state index contributed by atoms with van der Waals surface area (Å²) < 4.78 is 0. The summed E-state index contributed by atoms with van der Waals surface area (Å²) in [6, 6.07) is 5.43. The van der Waals surface area contributed by atoms with Gasteiger partial charge in [-0.15, -0.1) is 0 Å². The Balaban J connectivity index is 2.84. The van der Waals surface area contributed by atoms with Crippen LogP contribution in [0.4, 0.5) is 11.4 Å². The van der Waals surface area contributed by atoms with E-state index in [0.717, 1.165) is 24.2 Å². The number of hydrogen-bond donors (Lipinski definition) is 2. The standard InChI is InChI=1S/C15H24N2O2/c1-5-6-7-13(15(18)19)16-12-9-8-11(2)14(10-12)17(3)4/h8-10,13,16H,5-7H2,1-4H3,(H,18,19). The number of rotatable bonds is 7. The van der Waals surface area contributed by atoms with Crippen molar-refractivity contribution < 1.29 is 9.90 Å². The molecular formula is C15H24N2O2. The van der Waals surface area contributed by atoms with E-state index in [4.69, 9.17) is 0 Å². The van der Waals surface area contributed by atoms with Crippen molar-refractivity contribution in [3.8, 4) is 0 Å². The van der Waals surface area contributed by atoms with E-state index in [9.17, 15) is 9.90 Å². The number of unbranched alkanes of at least 4 members (excludes halogenated alkanes) is 1.